The van der Waals surface area contributed by atoms with Crippen LogP contribution in [0.25, 0.3) is 0 Å². The van der Waals surface area contributed by atoms with Gasteiger partial charge in [-0.05, 0) is 18.2 Å². The van der Waals surface area contributed by atoms with Gasteiger partial charge < -0.3 is 4.74 Å². The summed E-state index contributed by atoms with van der Waals surface area (Å²) in [6.07, 6.45) is 0. The molecular weight excluding hydrogens is 300 g/mol. The van der Waals surface area contributed by atoms with Crippen molar-refractivity contribution in [3.05, 3.63) is 23.2 Å². The maximum absolute atomic E-state index is 12.2. The first-order chi connectivity index (χ1) is 8.82. The van der Waals surface area contributed by atoms with Crippen molar-refractivity contribution in [1.29, 1.82) is 0 Å². The standard InChI is InChI=1S/C11H14ClF2NO3S/c1-3-15(4-2)19(16,17)8-5-6-10(9(12)7-8)18-11(13)14/h5-7,11H,3-4H2,1-2H3. The van der Waals surface area contributed by atoms with Gasteiger partial charge in [-0.1, -0.05) is 25.4 Å². The number of hydrogen-bond donors (Lipinski definition) is 0. The van der Waals surface area contributed by atoms with Gasteiger partial charge >= 0.3 is 6.61 Å². The molecule has 1 aromatic rings. The summed E-state index contributed by atoms with van der Waals surface area (Å²) in [6, 6.07) is 3.41. The highest BCUT2D eigenvalue weighted by Crippen LogP contribution is 2.29. The number of alkyl halides is 2. The van der Waals surface area contributed by atoms with Crippen molar-refractivity contribution in [1.82, 2.24) is 4.31 Å². The van der Waals surface area contributed by atoms with Crippen molar-refractivity contribution in [3.8, 4) is 5.75 Å². The van der Waals surface area contributed by atoms with Crippen LogP contribution in [0.15, 0.2) is 23.1 Å². The SMILES string of the molecule is CCN(CC)S(=O)(=O)c1ccc(OC(F)F)c(Cl)c1. The number of hydrogen-bond acceptors (Lipinski definition) is 3. The molecule has 0 aliphatic carbocycles. The molecule has 1 rings (SSSR count). The topological polar surface area (TPSA) is 46.6 Å². The Morgan fingerprint density at radius 2 is 1.89 bits per heavy atom. The second-order valence-corrected chi connectivity index (χ2v) is 5.91. The first-order valence-corrected chi connectivity index (χ1v) is 7.39. The molecule has 4 nitrogen and oxygen atoms in total. The Bertz CT molecular complexity index is 533. The van der Waals surface area contributed by atoms with Gasteiger partial charge in [0.1, 0.15) is 5.75 Å². The van der Waals surface area contributed by atoms with E-state index in [1.54, 1.807) is 13.8 Å². The molecule has 0 fully saturated rings. The summed E-state index contributed by atoms with van der Waals surface area (Å²) in [7, 11) is -3.66. The Morgan fingerprint density at radius 1 is 1.32 bits per heavy atom. The summed E-state index contributed by atoms with van der Waals surface area (Å²) >= 11 is 5.73. The van der Waals surface area contributed by atoms with Gasteiger partial charge in [0.25, 0.3) is 0 Å². The fraction of sp³-hybridized carbons (Fsp3) is 0.455. The summed E-state index contributed by atoms with van der Waals surface area (Å²) in [4.78, 5) is -0.0529. The highest BCUT2D eigenvalue weighted by molar-refractivity contribution is 7.89. The van der Waals surface area contributed by atoms with Gasteiger partial charge in [0.2, 0.25) is 10.0 Å². The number of rotatable bonds is 6. The Balaban J connectivity index is 3.13. The number of benzene rings is 1. The Labute approximate surface area is 116 Å². The molecule has 0 saturated carbocycles. The van der Waals surface area contributed by atoms with E-state index in [2.05, 4.69) is 4.74 Å². The predicted molar refractivity (Wildman–Crippen MR) is 68.2 cm³/mol. The minimum absolute atomic E-state index is 0.0529. The van der Waals surface area contributed by atoms with Gasteiger partial charge in [0, 0.05) is 13.1 Å². The van der Waals surface area contributed by atoms with E-state index >= 15 is 0 Å². The van der Waals surface area contributed by atoms with Crippen molar-refractivity contribution in [2.75, 3.05) is 13.1 Å². The third kappa shape index (κ3) is 3.77. The van der Waals surface area contributed by atoms with Gasteiger partial charge in [0.05, 0.1) is 9.92 Å². The molecule has 0 N–H and O–H groups in total. The third-order valence-corrected chi connectivity index (χ3v) is 4.80. The molecule has 0 unspecified atom stereocenters. The van der Waals surface area contributed by atoms with E-state index < -0.39 is 16.6 Å². The fourth-order valence-corrected chi connectivity index (χ4v) is 3.32. The van der Waals surface area contributed by atoms with Crippen LogP contribution >= 0.6 is 11.6 Å². The molecule has 0 heterocycles. The fourth-order valence-electron chi connectivity index (χ4n) is 1.55. The lowest BCUT2D eigenvalue weighted by Crippen LogP contribution is -2.30. The van der Waals surface area contributed by atoms with Crippen molar-refractivity contribution >= 4 is 21.6 Å². The first kappa shape index (κ1) is 16.1. The lowest BCUT2D eigenvalue weighted by atomic mass is 10.3. The van der Waals surface area contributed by atoms with E-state index in [-0.39, 0.29) is 15.7 Å². The highest BCUT2D eigenvalue weighted by atomic mass is 35.5. The van der Waals surface area contributed by atoms with E-state index in [9.17, 15) is 17.2 Å². The van der Waals surface area contributed by atoms with Crippen LogP contribution in [0.1, 0.15) is 13.8 Å². The average molecular weight is 314 g/mol. The second-order valence-electron chi connectivity index (χ2n) is 3.56. The van der Waals surface area contributed by atoms with Gasteiger partial charge in [-0.25, -0.2) is 8.42 Å². The monoisotopic (exact) mass is 313 g/mol. The van der Waals surface area contributed by atoms with Crippen LogP contribution in [0.5, 0.6) is 5.75 Å². The molecule has 0 saturated heterocycles. The van der Waals surface area contributed by atoms with Crippen LogP contribution in [0, 0.1) is 0 Å². The molecular formula is C11H14ClF2NO3S. The zero-order valence-corrected chi connectivity index (χ0v) is 12.0. The number of sulfonamides is 1. The van der Waals surface area contributed by atoms with Gasteiger partial charge in [-0.15, -0.1) is 0 Å². The smallest absolute Gasteiger partial charge is 0.387 e. The maximum atomic E-state index is 12.2. The summed E-state index contributed by atoms with van der Waals surface area (Å²) in [6.45, 7) is 1.02. The molecule has 8 heteroatoms. The summed E-state index contributed by atoms with van der Waals surface area (Å²) in [5.41, 5.74) is 0. The van der Waals surface area contributed by atoms with E-state index in [1.165, 1.54) is 10.4 Å². The van der Waals surface area contributed by atoms with Gasteiger partial charge in [-0.2, -0.15) is 13.1 Å². The van der Waals surface area contributed by atoms with Crippen LogP contribution in [0.3, 0.4) is 0 Å². The van der Waals surface area contributed by atoms with E-state index in [0.717, 1.165) is 12.1 Å². The van der Waals surface area contributed by atoms with Crippen LogP contribution in [0.2, 0.25) is 5.02 Å². The molecule has 0 spiro atoms. The number of halogens is 3. The zero-order valence-electron chi connectivity index (χ0n) is 10.4. The Kier molecular flexibility index (Phi) is 5.51. The Morgan fingerprint density at radius 3 is 2.32 bits per heavy atom. The predicted octanol–water partition coefficient (Wildman–Crippen LogP) is 2.97. The molecule has 108 valence electrons. The molecule has 0 aromatic heterocycles. The van der Waals surface area contributed by atoms with Gasteiger partial charge in [0.15, 0.2) is 0 Å². The second kappa shape index (κ2) is 6.49. The number of nitrogens with zero attached hydrogens (tertiary/aromatic N) is 1. The lowest BCUT2D eigenvalue weighted by molar-refractivity contribution is -0.0498. The summed E-state index contributed by atoms with van der Waals surface area (Å²) in [5, 5.41) is -0.173. The molecule has 0 aliphatic heterocycles. The van der Waals surface area contributed by atoms with Crippen molar-refractivity contribution in [2.24, 2.45) is 0 Å². The quantitative estimate of drug-likeness (QED) is 0.811. The zero-order chi connectivity index (χ0) is 14.6. The molecule has 0 radical (unpaired) electrons. The summed E-state index contributed by atoms with van der Waals surface area (Å²) < 4.78 is 53.8. The van der Waals surface area contributed by atoms with Crippen LogP contribution < -0.4 is 4.74 Å². The molecule has 0 bridgehead atoms. The molecule has 0 aliphatic rings. The van der Waals surface area contributed by atoms with E-state index in [0.29, 0.717) is 13.1 Å². The molecule has 0 atom stereocenters. The largest absolute Gasteiger partial charge is 0.433 e. The minimum Gasteiger partial charge on any atom is -0.433 e. The lowest BCUT2D eigenvalue weighted by Gasteiger charge is -2.18. The van der Waals surface area contributed by atoms with Gasteiger partial charge in [-0.3, -0.25) is 0 Å². The molecule has 19 heavy (non-hydrogen) atoms. The van der Waals surface area contributed by atoms with E-state index in [4.69, 9.17) is 11.6 Å². The molecule has 1 aromatic carbocycles. The van der Waals surface area contributed by atoms with Crippen LogP contribution in [-0.4, -0.2) is 32.4 Å². The molecule has 0 amide bonds. The van der Waals surface area contributed by atoms with E-state index in [1.807, 2.05) is 0 Å². The highest BCUT2D eigenvalue weighted by Gasteiger charge is 2.23. The van der Waals surface area contributed by atoms with Crippen molar-refractivity contribution in [2.45, 2.75) is 25.4 Å². The Hall–Kier alpha value is -0.920. The van der Waals surface area contributed by atoms with Crippen molar-refractivity contribution in [3.63, 3.8) is 0 Å². The normalized spacial score (nSPS) is 12.2. The first-order valence-electron chi connectivity index (χ1n) is 5.57. The number of ether oxygens (including phenoxy) is 1. The van der Waals surface area contributed by atoms with Crippen LogP contribution in [0.4, 0.5) is 8.78 Å². The minimum atomic E-state index is -3.66. The van der Waals surface area contributed by atoms with Crippen molar-refractivity contribution < 1.29 is 21.9 Å². The third-order valence-electron chi connectivity index (χ3n) is 2.46. The maximum Gasteiger partial charge on any atom is 0.387 e. The average Bonchev–Trinajstić information content (AvgIpc) is 2.32. The summed E-state index contributed by atoms with van der Waals surface area (Å²) in [5.74, 6) is -0.254. The van der Waals surface area contributed by atoms with Crippen LogP contribution in [-0.2, 0) is 10.0 Å².